The van der Waals surface area contributed by atoms with Crippen molar-refractivity contribution in [2.24, 2.45) is 0 Å². The summed E-state index contributed by atoms with van der Waals surface area (Å²) < 4.78 is 12.5. The summed E-state index contributed by atoms with van der Waals surface area (Å²) in [5, 5.41) is 18.3. The van der Waals surface area contributed by atoms with E-state index in [0.29, 0.717) is 34.5 Å². The van der Waals surface area contributed by atoms with E-state index in [1.807, 2.05) is 36.4 Å². The number of nitriles is 2. The zero-order valence-electron chi connectivity index (χ0n) is 14.0. The summed E-state index contributed by atoms with van der Waals surface area (Å²) in [6, 6.07) is 11.0. The average Bonchev–Trinajstić information content (AvgIpc) is 2.93. The van der Waals surface area contributed by atoms with Gasteiger partial charge in [-0.1, -0.05) is 12.1 Å². The second-order valence-electron chi connectivity index (χ2n) is 5.09. The molecule has 0 atom stereocenters. The van der Waals surface area contributed by atoms with Gasteiger partial charge in [-0.05, 0) is 30.2 Å². The number of aromatic nitrogens is 1. The smallest absolute Gasteiger partial charge is 0.269 e. The van der Waals surface area contributed by atoms with Gasteiger partial charge in [-0.15, -0.1) is 11.3 Å². The molecule has 1 aromatic carbocycles. The van der Waals surface area contributed by atoms with Crippen molar-refractivity contribution < 1.29 is 9.47 Å². The first-order valence-electron chi connectivity index (χ1n) is 7.53. The highest BCUT2D eigenvalue weighted by atomic mass is 32.1. The molecule has 0 unspecified atom stereocenters. The van der Waals surface area contributed by atoms with E-state index in [-0.39, 0.29) is 11.1 Å². The molecule has 0 fully saturated rings. The highest BCUT2D eigenvalue weighted by Gasteiger charge is 2.09. The molecule has 2 rings (SSSR count). The summed E-state index contributed by atoms with van der Waals surface area (Å²) in [5.74, 6) is 0.687. The summed E-state index contributed by atoms with van der Waals surface area (Å²) in [6.07, 6.45) is 2.35. The number of thiazole rings is 1. The minimum atomic E-state index is -0.220. The van der Waals surface area contributed by atoms with Crippen LogP contribution in [0.3, 0.4) is 0 Å². The predicted octanol–water partition coefficient (Wildman–Crippen LogP) is 0.982. The molecule has 25 heavy (non-hydrogen) atoms. The molecular weight excluding hydrogens is 338 g/mol. The van der Waals surface area contributed by atoms with Gasteiger partial charge in [0.25, 0.3) is 5.56 Å². The Balaban J connectivity index is 2.65. The van der Waals surface area contributed by atoms with Crippen LogP contribution in [0.4, 0.5) is 0 Å². The second kappa shape index (κ2) is 8.84. The van der Waals surface area contributed by atoms with Gasteiger partial charge in [-0.25, -0.2) is 0 Å². The Morgan fingerprint density at radius 2 is 2.08 bits per heavy atom. The third kappa shape index (κ3) is 4.36. The molecule has 1 heterocycles. The summed E-state index contributed by atoms with van der Waals surface area (Å²) in [5.41, 5.74) is 0.524. The minimum Gasteiger partial charge on any atom is -0.497 e. The lowest BCUT2D eigenvalue weighted by Gasteiger charge is -2.01. The van der Waals surface area contributed by atoms with Crippen molar-refractivity contribution in [1.82, 2.24) is 4.57 Å². The molecule has 1 aromatic heterocycles. The highest BCUT2D eigenvalue weighted by molar-refractivity contribution is 7.07. The standard InChI is InChI=1S/C18H17N3O3S/c1-23-8-4-7-21-17(22)16(25-18(21)14(11-19)12-20)10-13-5-3-6-15(9-13)24-2/h3,5-6,9-10H,4,7-8H2,1-2H3/b16-10+. The Kier molecular flexibility index (Phi) is 6.53. The molecule has 7 heteroatoms. The van der Waals surface area contributed by atoms with E-state index in [0.717, 1.165) is 16.9 Å². The van der Waals surface area contributed by atoms with Crippen molar-refractivity contribution in [3.63, 3.8) is 0 Å². The molecule has 0 radical (unpaired) electrons. The summed E-state index contributed by atoms with van der Waals surface area (Å²) in [7, 11) is 3.16. The SMILES string of the molecule is COCCCn1c(=C(C#N)C#N)s/c(=C/c2cccc(OC)c2)c1=O. The summed E-state index contributed by atoms with van der Waals surface area (Å²) in [6.45, 7) is 0.877. The van der Waals surface area contributed by atoms with Crippen LogP contribution in [0.25, 0.3) is 11.6 Å². The number of benzene rings is 1. The van der Waals surface area contributed by atoms with Crippen LogP contribution in [0.5, 0.6) is 5.75 Å². The lowest BCUT2D eigenvalue weighted by atomic mass is 10.2. The molecule has 0 saturated carbocycles. The Morgan fingerprint density at radius 3 is 2.72 bits per heavy atom. The normalized spacial score (nSPS) is 11.0. The lowest BCUT2D eigenvalue weighted by Crippen LogP contribution is -2.32. The van der Waals surface area contributed by atoms with Crippen LogP contribution in [0.15, 0.2) is 29.1 Å². The number of methoxy groups -OCH3 is 2. The van der Waals surface area contributed by atoms with Crippen LogP contribution < -0.4 is 19.5 Å². The van der Waals surface area contributed by atoms with E-state index in [1.54, 1.807) is 20.3 Å². The predicted molar refractivity (Wildman–Crippen MR) is 95.5 cm³/mol. The first-order chi connectivity index (χ1) is 12.1. The van der Waals surface area contributed by atoms with Gasteiger partial charge in [0, 0.05) is 20.3 Å². The largest absolute Gasteiger partial charge is 0.497 e. The summed E-state index contributed by atoms with van der Waals surface area (Å²) in [4.78, 5) is 12.7. The molecule has 128 valence electrons. The van der Waals surface area contributed by atoms with E-state index in [1.165, 1.54) is 4.57 Å². The van der Waals surface area contributed by atoms with Gasteiger partial charge in [0.05, 0.1) is 11.6 Å². The maximum absolute atomic E-state index is 12.7. The topological polar surface area (TPSA) is 88.0 Å². The Labute approximate surface area is 149 Å². The van der Waals surface area contributed by atoms with Gasteiger partial charge in [0.15, 0.2) is 5.57 Å². The van der Waals surface area contributed by atoms with E-state index < -0.39 is 0 Å². The van der Waals surface area contributed by atoms with E-state index in [2.05, 4.69) is 0 Å². The number of ether oxygens (including phenoxy) is 2. The quantitative estimate of drug-likeness (QED) is 0.721. The average molecular weight is 355 g/mol. The highest BCUT2D eigenvalue weighted by Crippen LogP contribution is 2.12. The Bertz CT molecular complexity index is 990. The van der Waals surface area contributed by atoms with Gasteiger partial charge in [-0.3, -0.25) is 9.36 Å². The van der Waals surface area contributed by atoms with Crippen LogP contribution in [0.1, 0.15) is 12.0 Å². The molecule has 0 saturated heterocycles. The Morgan fingerprint density at radius 1 is 1.32 bits per heavy atom. The molecule has 0 amide bonds. The molecule has 0 bridgehead atoms. The van der Waals surface area contributed by atoms with Crippen LogP contribution in [0.2, 0.25) is 0 Å². The van der Waals surface area contributed by atoms with E-state index >= 15 is 0 Å². The Hall–Kier alpha value is -2.87. The molecule has 0 N–H and O–H groups in total. The van der Waals surface area contributed by atoms with Crippen molar-refractivity contribution in [1.29, 1.82) is 10.5 Å². The first-order valence-corrected chi connectivity index (χ1v) is 8.35. The zero-order valence-corrected chi connectivity index (χ0v) is 14.8. The summed E-state index contributed by atoms with van der Waals surface area (Å²) >= 11 is 1.14. The fourth-order valence-corrected chi connectivity index (χ4v) is 3.36. The van der Waals surface area contributed by atoms with Crippen LogP contribution in [0, 0.1) is 22.7 Å². The maximum Gasteiger partial charge on any atom is 0.269 e. The third-order valence-corrected chi connectivity index (χ3v) is 4.60. The maximum atomic E-state index is 12.7. The van der Waals surface area contributed by atoms with Crippen molar-refractivity contribution in [3.8, 4) is 17.9 Å². The lowest BCUT2D eigenvalue weighted by molar-refractivity contribution is 0.190. The zero-order chi connectivity index (χ0) is 18.2. The molecule has 0 spiro atoms. The van der Waals surface area contributed by atoms with Crippen LogP contribution in [-0.4, -0.2) is 25.4 Å². The fourth-order valence-electron chi connectivity index (χ4n) is 2.28. The van der Waals surface area contributed by atoms with Crippen LogP contribution >= 0.6 is 11.3 Å². The molecule has 0 aliphatic rings. The molecule has 0 aliphatic heterocycles. The monoisotopic (exact) mass is 355 g/mol. The van der Waals surface area contributed by atoms with E-state index in [9.17, 15) is 4.79 Å². The number of nitrogens with zero attached hydrogens (tertiary/aromatic N) is 3. The van der Waals surface area contributed by atoms with Crippen molar-refractivity contribution >= 4 is 23.0 Å². The van der Waals surface area contributed by atoms with Gasteiger partial charge < -0.3 is 9.47 Å². The first kappa shape index (κ1) is 18.5. The molecule has 2 aromatic rings. The number of hydrogen-bond donors (Lipinski definition) is 0. The van der Waals surface area contributed by atoms with Crippen molar-refractivity contribution in [3.05, 3.63) is 49.4 Å². The van der Waals surface area contributed by atoms with Gasteiger partial charge in [0.2, 0.25) is 0 Å². The van der Waals surface area contributed by atoms with Crippen molar-refractivity contribution in [2.75, 3.05) is 20.8 Å². The molecule has 0 aliphatic carbocycles. The van der Waals surface area contributed by atoms with Gasteiger partial charge in [-0.2, -0.15) is 10.5 Å². The minimum absolute atomic E-state index is 0.0650. The fraction of sp³-hybridized carbons (Fsp3) is 0.278. The molecular formula is C18H17N3O3S. The number of rotatable bonds is 6. The second-order valence-corrected chi connectivity index (χ2v) is 6.12. The van der Waals surface area contributed by atoms with Gasteiger partial charge in [0.1, 0.15) is 22.6 Å². The van der Waals surface area contributed by atoms with Crippen molar-refractivity contribution in [2.45, 2.75) is 13.0 Å². The molecule has 6 nitrogen and oxygen atoms in total. The van der Waals surface area contributed by atoms with Crippen LogP contribution in [-0.2, 0) is 11.3 Å². The third-order valence-electron chi connectivity index (χ3n) is 3.47. The van der Waals surface area contributed by atoms with E-state index in [4.69, 9.17) is 20.0 Å². The number of hydrogen-bond acceptors (Lipinski definition) is 6. The van der Waals surface area contributed by atoms with Gasteiger partial charge >= 0.3 is 0 Å².